The lowest BCUT2D eigenvalue weighted by molar-refractivity contribution is -0.117. The van der Waals surface area contributed by atoms with Crippen molar-refractivity contribution in [2.45, 2.75) is 39.5 Å². The van der Waals surface area contributed by atoms with E-state index in [0.717, 1.165) is 0 Å². The number of fused-ring (bicyclic) bond motifs is 1. The number of aliphatic imine (C=N–C) groups is 1. The summed E-state index contributed by atoms with van der Waals surface area (Å²) in [6.45, 7) is 4.21. The smallest absolute Gasteiger partial charge is 0.261 e. The molecule has 1 aliphatic heterocycles. The summed E-state index contributed by atoms with van der Waals surface area (Å²) in [5.74, 6) is -0.735. The third-order valence-corrected chi connectivity index (χ3v) is 5.08. The minimum absolute atomic E-state index is 0.00675. The number of rotatable bonds is 4. The summed E-state index contributed by atoms with van der Waals surface area (Å²) in [6.07, 6.45) is 1.60. The summed E-state index contributed by atoms with van der Waals surface area (Å²) in [6, 6.07) is 6.74. The molecule has 1 heterocycles. The van der Waals surface area contributed by atoms with Gasteiger partial charge in [0.2, 0.25) is 0 Å². The largest absolute Gasteiger partial charge is 0.511 e. The Morgan fingerprint density at radius 1 is 1.11 bits per heavy atom. The fourth-order valence-corrected chi connectivity index (χ4v) is 3.78. The number of carbonyl (C=O) groups excluding carboxylic acids is 3. The highest BCUT2D eigenvalue weighted by Crippen LogP contribution is 2.35. The van der Waals surface area contributed by atoms with Gasteiger partial charge in [-0.25, -0.2) is 0 Å². The molecular formula is C21H24N2O4. The molecule has 0 atom stereocenters. The average molecular weight is 368 g/mol. The fraction of sp³-hybridized carbons (Fsp3) is 0.429. The number of aliphatic hydroxyl groups excluding tert-OH is 1. The first-order valence-electron chi connectivity index (χ1n) is 9.12. The summed E-state index contributed by atoms with van der Waals surface area (Å²) in [7, 11) is 1.62. The number of benzene rings is 1. The van der Waals surface area contributed by atoms with Crippen LogP contribution in [0.4, 0.5) is 0 Å². The second-order valence-electron chi connectivity index (χ2n) is 7.84. The zero-order valence-electron chi connectivity index (χ0n) is 15.9. The van der Waals surface area contributed by atoms with E-state index in [1.807, 2.05) is 13.8 Å². The highest BCUT2D eigenvalue weighted by atomic mass is 16.3. The third kappa shape index (κ3) is 3.56. The molecule has 0 bridgehead atoms. The van der Waals surface area contributed by atoms with Gasteiger partial charge in [0.05, 0.1) is 16.7 Å². The molecule has 1 N–H and O–H groups in total. The lowest BCUT2D eigenvalue weighted by Crippen LogP contribution is -2.33. The quantitative estimate of drug-likeness (QED) is 0.502. The monoisotopic (exact) mass is 368 g/mol. The maximum atomic E-state index is 12.5. The molecule has 0 saturated heterocycles. The van der Waals surface area contributed by atoms with Crippen molar-refractivity contribution < 1.29 is 19.5 Å². The van der Waals surface area contributed by atoms with Crippen molar-refractivity contribution in [2.75, 3.05) is 13.6 Å². The van der Waals surface area contributed by atoms with Crippen LogP contribution in [0.5, 0.6) is 0 Å². The first-order valence-corrected chi connectivity index (χ1v) is 9.12. The summed E-state index contributed by atoms with van der Waals surface area (Å²) >= 11 is 0. The average Bonchev–Trinajstić information content (AvgIpc) is 2.85. The van der Waals surface area contributed by atoms with Gasteiger partial charge in [-0.2, -0.15) is 0 Å². The van der Waals surface area contributed by atoms with Crippen LogP contribution in [0.25, 0.3) is 0 Å². The molecule has 6 nitrogen and oxygen atoms in total. The van der Waals surface area contributed by atoms with Gasteiger partial charge in [-0.05, 0) is 30.4 Å². The van der Waals surface area contributed by atoms with E-state index < -0.39 is 0 Å². The molecular weight excluding hydrogens is 344 g/mol. The minimum Gasteiger partial charge on any atom is -0.511 e. The number of carbonyl (C=O) groups is 3. The van der Waals surface area contributed by atoms with E-state index in [4.69, 9.17) is 0 Å². The van der Waals surface area contributed by atoms with E-state index in [9.17, 15) is 19.5 Å². The van der Waals surface area contributed by atoms with Crippen LogP contribution < -0.4 is 0 Å². The second-order valence-corrected chi connectivity index (χ2v) is 7.84. The maximum Gasteiger partial charge on any atom is 0.261 e. The van der Waals surface area contributed by atoms with Gasteiger partial charge in [-0.3, -0.25) is 24.3 Å². The standard InChI is InChI=1S/C21H24N2O4/c1-21(2)11-15(22-3)18(17(25)12-21)16(24)9-6-10-23-19(26)13-7-4-5-8-14(13)20(23)27/h4-5,7-8,24H,6,9-12H2,1-3H3. The number of hydrogen-bond donors (Lipinski definition) is 1. The van der Waals surface area contributed by atoms with Crippen LogP contribution >= 0.6 is 0 Å². The van der Waals surface area contributed by atoms with Crippen LogP contribution in [-0.2, 0) is 4.79 Å². The van der Waals surface area contributed by atoms with Crippen LogP contribution in [0.15, 0.2) is 40.6 Å². The Balaban J connectivity index is 1.69. The number of ketones is 1. The number of amides is 2. The third-order valence-electron chi connectivity index (χ3n) is 5.08. The predicted octanol–water partition coefficient (Wildman–Crippen LogP) is 3.33. The molecule has 2 amide bonds. The Morgan fingerprint density at radius 2 is 1.70 bits per heavy atom. The van der Waals surface area contributed by atoms with Crippen molar-refractivity contribution >= 4 is 23.3 Å². The molecule has 0 aromatic heterocycles. The lowest BCUT2D eigenvalue weighted by atomic mass is 9.73. The summed E-state index contributed by atoms with van der Waals surface area (Å²) in [5.41, 5.74) is 1.58. The van der Waals surface area contributed by atoms with Crippen molar-refractivity contribution in [2.24, 2.45) is 10.4 Å². The van der Waals surface area contributed by atoms with E-state index in [1.165, 1.54) is 4.90 Å². The van der Waals surface area contributed by atoms with E-state index in [1.54, 1.807) is 31.3 Å². The van der Waals surface area contributed by atoms with Crippen LogP contribution in [0.2, 0.25) is 0 Å². The van der Waals surface area contributed by atoms with Gasteiger partial charge in [-0.1, -0.05) is 26.0 Å². The SMILES string of the molecule is CN=C1CC(C)(C)CC(=O)C1=C(O)CCCN1C(=O)c2ccccc2C1=O. The number of Topliss-reactive ketones (excluding diaryl/α,β-unsaturated/α-hetero) is 1. The van der Waals surface area contributed by atoms with Crippen molar-refractivity contribution in [3.8, 4) is 0 Å². The summed E-state index contributed by atoms with van der Waals surface area (Å²) < 4.78 is 0. The van der Waals surface area contributed by atoms with Crippen molar-refractivity contribution in [1.29, 1.82) is 0 Å². The Hall–Kier alpha value is -2.76. The molecule has 1 saturated carbocycles. The van der Waals surface area contributed by atoms with Crippen molar-refractivity contribution in [1.82, 2.24) is 4.90 Å². The van der Waals surface area contributed by atoms with Crippen LogP contribution in [-0.4, -0.2) is 46.9 Å². The number of imide groups is 1. The zero-order valence-corrected chi connectivity index (χ0v) is 15.9. The lowest BCUT2D eigenvalue weighted by Gasteiger charge is -2.31. The van der Waals surface area contributed by atoms with Gasteiger partial charge >= 0.3 is 0 Å². The Bertz CT molecular complexity index is 845. The Morgan fingerprint density at radius 3 is 2.26 bits per heavy atom. The van der Waals surface area contributed by atoms with Gasteiger partial charge in [0.15, 0.2) is 5.78 Å². The van der Waals surface area contributed by atoms with Gasteiger partial charge in [-0.15, -0.1) is 0 Å². The van der Waals surface area contributed by atoms with Crippen LogP contribution in [0.1, 0.15) is 60.2 Å². The Labute approximate surface area is 158 Å². The zero-order chi connectivity index (χ0) is 19.8. The number of aliphatic hydroxyl groups is 1. The van der Waals surface area contributed by atoms with Crippen molar-refractivity contribution in [3.05, 3.63) is 46.7 Å². The molecule has 0 unspecified atom stereocenters. The first kappa shape index (κ1) is 19.0. The van der Waals surface area contributed by atoms with Crippen LogP contribution in [0.3, 0.4) is 0 Å². The van der Waals surface area contributed by atoms with E-state index in [0.29, 0.717) is 41.7 Å². The van der Waals surface area contributed by atoms with Crippen LogP contribution in [0, 0.1) is 5.41 Å². The minimum atomic E-state index is -0.311. The number of nitrogens with zero attached hydrogens (tertiary/aromatic N) is 2. The van der Waals surface area contributed by atoms with Gasteiger partial charge in [0.1, 0.15) is 5.76 Å². The molecule has 1 aromatic rings. The molecule has 6 heteroatoms. The second kappa shape index (κ2) is 7.10. The van der Waals surface area contributed by atoms with E-state index >= 15 is 0 Å². The highest BCUT2D eigenvalue weighted by Gasteiger charge is 2.37. The Kier molecular flexibility index (Phi) is 5.00. The van der Waals surface area contributed by atoms with E-state index in [-0.39, 0.29) is 41.7 Å². The topological polar surface area (TPSA) is 87.0 Å². The van der Waals surface area contributed by atoms with Gasteiger partial charge in [0, 0.05) is 32.1 Å². The number of hydrogen-bond acceptors (Lipinski definition) is 5. The van der Waals surface area contributed by atoms with Crippen molar-refractivity contribution in [3.63, 3.8) is 0 Å². The fourth-order valence-electron chi connectivity index (χ4n) is 3.78. The van der Waals surface area contributed by atoms with Gasteiger partial charge < -0.3 is 5.11 Å². The van der Waals surface area contributed by atoms with E-state index in [2.05, 4.69) is 4.99 Å². The summed E-state index contributed by atoms with van der Waals surface area (Å²) in [4.78, 5) is 42.6. The molecule has 0 spiro atoms. The predicted molar refractivity (Wildman–Crippen MR) is 102 cm³/mol. The normalized spacial score (nSPS) is 22.4. The molecule has 27 heavy (non-hydrogen) atoms. The molecule has 2 aliphatic rings. The van der Waals surface area contributed by atoms with Gasteiger partial charge in [0.25, 0.3) is 11.8 Å². The molecule has 1 aliphatic carbocycles. The molecule has 0 radical (unpaired) electrons. The highest BCUT2D eigenvalue weighted by molar-refractivity contribution is 6.24. The molecule has 1 aromatic carbocycles. The first-order chi connectivity index (χ1) is 12.7. The molecule has 3 rings (SSSR count). The molecule has 1 fully saturated rings. The number of allylic oxidation sites excluding steroid dienone is 2. The maximum absolute atomic E-state index is 12.5. The molecule has 142 valence electrons. The summed E-state index contributed by atoms with van der Waals surface area (Å²) in [5, 5.41) is 10.5.